The summed E-state index contributed by atoms with van der Waals surface area (Å²) in [6.07, 6.45) is 3.30. The van der Waals surface area contributed by atoms with E-state index in [2.05, 4.69) is 0 Å². The van der Waals surface area contributed by atoms with Crippen molar-refractivity contribution in [2.75, 3.05) is 20.2 Å². The minimum Gasteiger partial charge on any atom is -0.480 e. The number of carbonyl (C=O) groups excluding carboxylic acids is 1. The minimum absolute atomic E-state index is 0.0255. The van der Waals surface area contributed by atoms with Crippen LogP contribution in [0.2, 0.25) is 0 Å². The van der Waals surface area contributed by atoms with E-state index in [4.69, 9.17) is 9.84 Å². The Kier molecular flexibility index (Phi) is 4.55. The number of hydrogen-bond acceptors (Lipinski definition) is 3. The summed E-state index contributed by atoms with van der Waals surface area (Å²) in [6, 6.07) is 0. The number of carboxylic acid groups (broad SMARTS) is 1. The highest BCUT2D eigenvalue weighted by Crippen LogP contribution is 2.16. The zero-order valence-corrected chi connectivity index (χ0v) is 8.94. The number of aliphatic carboxylic acids is 1. The van der Waals surface area contributed by atoms with Gasteiger partial charge in [-0.25, -0.2) is 0 Å². The molecular weight excluding hydrogens is 198 g/mol. The van der Waals surface area contributed by atoms with Crippen molar-refractivity contribution in [2.45, 2.75) is 31.8 Å². The zero-order valence-electron chi connectivity index (χ0n) is 8.94. The monoisotopic (exact) mass is 215 g/mol. The molecule has 5 nitrogen and oxygen atoms in total. The van der Waals surface area contributed by atoms with Gasteiger partial charge in [-0.1, -0.05) is 0 Å². The van der Waals surface area contributed by atoms with Gasteiger partial charge in [-0.05, 0) is 19.3 Å². The van der Waals surface area contributed by atoms with Crippen LogP contribution in [0.1, 0.15) is 25.7 Å². The van der Waals surface area contributed by atoms with Crippen molar-refractivity contribution in [3.63, 3.8) is 0 Å². The molecule has 0 aromatic heterocycles. The van der Waals surface area contributed by atoms with Crippen LogP contribution in [0.15, 0.2) is 0 Å². The molecular formula is C10H17NO4. The van der Waals surface area contributed by atoms with Crippen LogP contribution in [-0.4, -0.2) is 48.2 Å². The summed E-state index contributed by atoms with van der Waals surface area (Å²) in [6.45, 7) is 0.464. The molecule has 1 saturated heterocycles. The van der Waals surface area contributed by atoms with Crippen LogP contribution >= 0.6 is 0 Å². The molecule has 0 aromatic rings. The van der Waals surface area contributed by atoms with Crippen molar-refractivity contribution in [1.29, 1.82) is 0 Å². The summed E-state index contributed by atoms with van der Waals surface area (Å²) in [5.41, 5.74) is 0. The van der Waals surface area contributed by atoms with E-state index in [1.807, 2.05) is 0 Å². The lowest BCUT2D eigenvalue weighted by Gasteiger charge is -2.24. The molecule has 0 saturated carbocycles. The first-order valence-corrected chi connectivity index (χ1v) is 5.17. The van der Waals surface area contributed by atoms with E-state index in [-0.39, 0.29) is 18.6 Å². The third-order valence-electron chi connectivity index (χ3n) is 2.47. The van der Waals surface area contributed by atoms with Crippen LogP contribution in [0.5, 0.6) is 0 Å². The molecule has 1 atom stereocenters. The van der Waals surface area contributed by atoms with Crippen molar-refractivity contribution in [2.24, 2.45) is 0 Å². The molecule has 0 radical (unpaired) electrons. The van der Waals surface area contributed by atoms with E-state index >= 15 is 0 Å². The molecule has 5 heteroatoms. The summed E-state index contributed by atoms with van der Waals surface area (Å²) in [5.74, 6) is -1.15. The first kappa shape index (κ1) is 12.0. The van der Waals surface area contributed by atoms with E-state index in [1.165, 1.54) is 11.9 Å². The average molecular weight is 215 g/mol. The molecule has 0 aliphatic carbocycles. The van der Waals surface area contributed by atoms with Gasteiger partial charge in [0.2, 0.25) is 5.91 Å². The lowest BCUT2D eigenvalue weighted by atomic mass is 10.1. The lowest BCUT2D eigenvalue weighted by molar-refractivity contribution is -0.144. The van der Waals surface area contributed by atoms with Gasteiger partial charge < -0.3 is 14.7 Å². The fraction of sp³-hybridized carbons (Fsp3) is 0.800. The highest BCUT2D eigenvalue weighted by molar-refractivity contribution is 5.81. The average Bonchev–Trinajstić information content (AvgIpc) is 2.18. The maximum atomic E-state index is 11.5. The van der Waals surface area contributed by atoms with Crippen molar-refractivity contribution in [3.05, 3.63) is 0 Å². The number of nitrogens with zero attached hydrogens (tertiary/aromatic N) is 1. The topological polar surface area (TPSA) is 66.8 Å². The van der Waals surface area contributed by atoms with Gasteiger partial charge in [0.1, 0.15) is 6.54 Å². The van der Waals surface area contributed by atoms with Crippen LogP contribution in [0, 0.1) is 0 Å². The van der Waals surface area contributed by atoms with Crippen LogP contribution < -0.4 is 0 Å². The van der Waals surface area contributed by atoms with Gasteiger partial charge in [0.25, 0.3) is 0 Å². The number of carboxylic acids is 1. The molecule has 0 aromatic carbocycles. The van der Waals surface area contributed by atoms with Gasteiger partial charge in [-0.3, -0.25) is 9.59 Å². The molecule has 0 spiro atoms. The molecule has 1 fully saturated rings. The number of carbonyl (C=O) groups is 2. The van der Waals surface area contributed by atoms with E-state index in [0.29, 0.717) is 13.0 Å². The Morgan fingerprint density at radius 2 is 2.20 bits per heavy atom. The van der Waals surface area contributed by atoms with Crippen molar-refractivity contribution in [3.8, 4) is 0 Å². The quantitative estimate of drug-likeness (QED) is 0.741. The number of amides is 1. The van der Waals surface area contributed by atoms with E-state index < -0.39 is 5.97 Å². The standard InChI is InChI=1S/C10H17NO4/c1-11(7-10(13)14)9(12)6-8-4-2-3-5-15-8/h8H,2-7H2,1H3,(H,13,14). The van der Waals surface area contributed by atoms with E-state index in [9.17, 15) is 9.59 Å². The number of likely N-dealkylation sites (N-methyl/N-ethyl adjacent to an activating group) is 1. The van der Waals surface area contributed by atoms with Gasteiger partial charge in [0, 0.05) is 13.7 Å². The SMILES string of the molecule is CN(CC(=O)O)C(=O)CC1CCCCO1. The Bertz CT molecular complexity index is 236. The van der Waals surface area contributed by atoms with Crippen LogP contribution in [0.3, 0.4) is 0 Å². The fourth-order valence-corrected chi connectivity index (χ4v) is 1.61. The van der Waals surface area contributed by atoms with Crippen LogP contribution in [0.4, 0.5) is 0 Å². The summed E-state index contributed by atoms with van der Waals surface area (Å²) < 4.78 is 5.41. The second-order valence-electron chi connectivity index (χ2n) is 3.84. The highest BCUT2D eigenvalue weighted by Gasteiger charge is 2.20. The van der Waals surface area contributed by atoms with E-state index in [1.54, 1.807) is 0 Å². The Morgan fingerprint density at radius 3 is 2.73 bits per heavy atom. The summed E-state index contributed by atoms with van der Waals surface area (Å²) >= 11 is 0. The smallest absolute Gasteiger partial charge is 0.323 e. The molecule has 1 N–H and O–H groups in total. The highest BCUT2D eigenvalue weighted by atomic mass is 16.5. The Balaban J connectivity index is 2.30. The summed E-state index contributed by atoms with van der Waals surface area (Å²) in [4.78, 5) is 23.1. The molecule has 1 aliphatic rings. The third-order valence-corrected chi connectivity index (χ3v) is 2.47. The van der Waals surface area contributed by atoms with Crippen LogP contribution in [-0.2, 0) is 14.3 Å². The predicted octanol–water partition coefficient (Wildman–Crippen LogP) is 0.489. The van der Waals surface area contributed by atoms with Gasteiger partial charge in [-0.15, -0.1) is 0 Å². The fourth-order valence-electron chi connectivity index (χ4n) is 1.61. The summed E-state index contributed by atoms with van der Waals surface area (Å²) in [7, 11) is 1.50. The number of ether oxygens (including phenoxy) is 1. The maximum absolute atomic E-state index is 11.5. The Morgan fingerprint density at radius 1 is 1.47 bits per heavy atom. The molecule has 1 unspecified atom stereocenters. The number of rotatable bonds is 4. The Labute approximate surface area is 89.0 Å². The van der Waals surface area contributed by atoms with Crippen LogP contribution in [0.25, 0.3) is 0 Å². The minimum atomic E-state index is -0.990. The summed E-state index contributed by atoms with van der Waals surface area (Å²) in [5, 5.41) is 8.51. The normalized spacial score (nSPS) is 21.0. The van der Waals surface area contributed by atoms with Gasteiger partial charge in [0.05, 0.1) is 12.5 Å². The molecule has 1 amide bonds. The first-order chi connectivity index (χ1) is 7.09. The molecule has 1 heterocycles. The van der Waals surface area contributed by atoms with Gasteiger partial charge in [0.15, 0.2) is 0 Å². The van der Waals surface area contributed by atoms with Crippen molar-refractivity contribution < 1.29 is 19.4 Å². The molecule has 1 rings (SSSR count). The number of hydrogen-bond donors (Lipinski definition) is 1. The molecule has 0 bridgehead atoms. The largest absolute Gasteiger partial charge is 0.480 e. The maximum Gasteiger partial charge on any atom is 0.323 e. The second-order valence-corrected chi connectivity index (χ2v) is 3.84. The van der Waals surface area contributed by atoms with Crippen molar-refractivity contribution in [1.82, 2.24) is 4.90 Å². The van der Waals surface area contributed by atoms with Gasteiger partial charge >= 0.3 is 5.97 Å². The molecule has 1 aliphatic heterocycles. The first-order valence-electron chi connectivity index (χ1n) is 5.17. The Hall–Kier alpha value is -1.10. The second kappa shape index (κ2) is 5.70. The lowest BCUT2D eigenvalue weighted by Crippen LogP contribution is -2.35. The zero-order chi connectivity index (χ0) is 11.3. The predicted molar refractivity (Wildman–Crippen MR) is 53.5 cm³/mol. The molecule has 15 heavy (non-hydrogen) atoms. The van der Waals surface area contributed by atoms with Crippen molar-refractivity contribution >= 4 is 11.9 Å². The third kappa shape index (κ3) is 4.29. The van der Waals surface area contributed by atoms with Gasteiger partial charge in [-0.2, -0.15) is 0 Å². The molecule has 86 valence electrons. The van der Waals surface area contributed by atoms with E-state index in [0.717, 1.165) is 19.3 Å².